The molecule has 0 radical (unpaired) electrons. The second kappa shape index (κ2) is 35.3. The summed E-state index contributed by atoms with van der Waals surface area (Å²) in [6.45, 7) is 12.8. The molecule has 12 aromatic rings. The van der Waals surface area contributed by atoms with E-state index in [2.05, 4.69) is 114 Å². The summed E-state index contributed by atoms with van der Waals surface area (Å²) >= 11 is 0. The molecule has 6 nitrogen and oxygen atoms in total. The van der Waals surface area contributed by atoms with Crippen LogP contribution >= 0.6 is 0 Å². The maximum absolute atomic E-state index is 9.74. The number of hydrogen-bond donors (Lipinski definition) is 6. The van der Waals surface area contributed by atoms with Crippen molar-refractivity contribution in [1.82, 2.24) is 0 Å². The van der Waals surface area contributed by atoms with Crippen LogP contribution in [0.4, 0.5) is 0 Å². The lowest BCUT2D eigenvalue weighted by Gasteiger charge is -2.13. The Morgan fingerprint density at radius 1 is 0.167 bits per heavy atom. The molecule has 0 fully saturated rings. The first kappa shape index (κ1) is 67.0. The monoisotopic (exact) mass is 1190 g/mol. The largest absolute Gasteiger partial charge is 0.508 e. The normalized spacial score (nSPS) is 12.3. The number of aromatic hydroxyl groups is 6. The summed E-state index contributed by atoms with van der Waals surface area (Å²) in [6, 6.07) is 106. The first-order chi connectivity index (χ1) is 43.7. The molecule has 12 aromatic carbocycles. The topological polar surface area (TPSA) is 121 Å². The van der Waals surface area contributed by atoms with Gasteiger partial charge in [0.05, 0.1) is 0 Å². The molecule has 0 aliphatic heterocycles. The van der Waals surface area contributed by atoms with E-state index in [4.69, 9.17) is 0 Å². The Balaban J connectivity index is 0.000000154. The highest BCUT2D eigenvalue weighted by atomic mass is 16.3. The zero-order valence-corrected chi connectivity index (χ0v) is 52.3. The van der Waals surface area contributed by atoms with Crippen LogP contribution in [0, 0.1) is 0 Å². The number of rotatable bonds is 12. The summed E-state index contributed by atoms with van der Waals surface area (Å²) in [4.78, 5) is 0. The average molecular weight is 1190 g/mol. The van der Waals surface area contributed by atoms with Crippen molar-refractivity contribution in [2.75, 3.05) is 0 Å². The Bertz CT molecular complexity index is 3660. The van der Waals surface area contributed by atoms with Gasteiger partial charge in [0.15, 0.2) is 0 Å². The quantitative estimate of drug-likeness (QED) is 0.0725. The van der Waals surface area contributed by atoms with Gasteiger partial charge in [0.25, 0.3) is 0 Å². The smallest absolute Gasteiger partial charge is 0.119 e. The molecule has 12 rings (SSSR count). The molecule has 6 unspecified atom stereocenters. The number of phenols is 6. The van der Waals surface area contributed by atoms with E-state index in [9.17, 15) is 30.6 Å². The third-order valence-electron chi connectivity index (χ3n) is 16.1. The molecule has 0 saturated carbocycles. The molecule has 0 aliphatic rings. The van der Waals surface area contributed by atoms with Gasteiger partial charge in [-0.2, -0.15) is 0 Å². The Morgan fingerprint density at radius 2 is 0.367 bits per heavy atom. The summed E-state index contributed by atoms with van der Waals surface area (Å²) in [7, 11) is 0. The van der Waals surface area contributed by atoms with Crippen molar-refractivity contribution < 1.29 is 30.6 Å². The van der Waals surface area contributed by atoms with Gasteiger partial charge in [-0.05, 0) is 116 Å². The van der Waals surface area contributed by atoms with Crippen LogP contribution in [0.1, 0.15) is 144 Å². The predicted molar refractivity (Wildman–Crippen MR) is 372 cm³/mol. The van der Waals surface area contributed by atoms with Crippen LogP contribution in [-0.2, 0) is 0 Å². The zero-order chi connectivity index (χ0) is 64.0. The van der Waals surface area contributed by atoms with Crippen LogP contribution in [0.3, 0.4) is 0 Å². The Labute approximate surface area is 533 Å². The molecule has 0 aromatic heterocycles. The molecule has 0 heterocycles. The van der Waals surface area contributed by atoms with Gasteiger partial charge in [0, 0.05) is 46.6 Å². The molecule has 456 valence electrons. The Hall–Kier alpha value is -10.6. The van der Waals surface area contributed by atoms with E-state index in [0.717, 1.165) is 22.3 Å². The number of phenolic OH excluding ortho intramolecular Hbond substituents is 6. The molecular formula is C84H84O6. The van der Waals surface area contributed by atoms with E-state index in [-0.39, 0.29) is 11.8 Å². The highest BCUT2D eigenvalue weighted by molar-refractivity contribution is 5.43. The van der Waals surface area contributed by atoms with E-state index in [1.165, 1.54) is 44.5 Å². The highest BCUT2D eigenvalue weighted by Gasteiger charge is 2.14. The minimum Gasteiger partial charge on any atom is -0.508 e. The lowest BCUT2D eigenvalue weighted by Crippen LogP contribution is -1.95. The van der Waals surface area contributed by atoms with Crippen LogP contribution < -0.4 is 0 Å². The van der Waals surface area contributed by atoms with Crippen LogP contribution in [0.5, 0.6) is 34.5 Å². The van der Waals surface area contributed by atoms with Gasteiger partial charge >= 0.3 is 0 Å². The van der Waals surface area contributed by atoms with Crippen molar-refractivity contribution in [2.45, 2.75) is 77.0 Å². The standard InChI is InChI=1S/6C14H14O/c2*1-11(12-7-3-2-4-8-12)13-9-5-6-10-14(13)15;2*1-11(12-6-3-2-4-7-12)13-8-5-9-14(15)10-13;2*1-11(12-5-3-2-4-6-12)13-7-9-14(15)10-8-13/h6*2-11,15H,1H3. The molecule has 6 atom stereocenters. The second-order valence-corrected chi connectivity index (χ2v) is 22.3. The number of hydrogen-bond acceptors (Lipinski definition) is 6. The van der Waals surface area contributed by atoms with Gasteiger partial charge in [-0.1, -0.05) is 308 Å². The summed E-state index contributed by atoms with van der Waals surface area (Å²) in [5, 5.41) is 56.7. The van der Waals surface area contributed by atoms with Crippen molar-refractivity contribution >= 4 is 0 Å². The van der Waals surface area contributed by atoms with Crippen LogP contribution in [0.25, 0.3) is 0 Å². The SMILES string of the molecule is CC(c1ccccc1)c1ccc(O)cc1.CC(c1ccccc1)c1ccc(O)cc1.CC(c1ccccc1)c1cccc(O)c1.CC(c1ccccc1)c1cccc(O)c1.CC(c1ccccc1)c1ccccc1O.CC(c1ccccc1)c1ccccc1O. The Morgan fingerprint density at radius 3 is 0.611 bits per heavy atom. The maximum atomic E-state index is 9.74. The lowest BCUT2D eigenvalue weighted by molar-refractivity contribution is 0.465. The molecular weight excluding hydrogens is 1100 g/mol. The summed E-state index contributed by atoms with van der Waals surface area (Å²) in [5.41, 5.74) is 14.2. The van der Waals surface area contributed by atoms with Crippen molar-refractivity contribution in [3.63, 3.8) is 0 Å². The molecule has 6 N–H and O–H groups in total. The van der Waals surface area contributed by atoms with Crippen LogP contribution in [0.15, 0.2) is 328 Å². The molecule has 0 saturated heterocycles. The fourth-order valence-corrected chi connectivity index (χ4v) is 10.4. The van der Waals surface area contributed by atoms with E-state index in [0.29, 0.717) is 58.2 Å². The zero-order valence-electron chi connectivity index (χ0n) is 52.3. The van der Waals surface area contributed by atoms with Gasteiger partial charge in [-0.15, -0.1) is 0 Å². The van der Waals surface area contributed by atoms with E-state index in [1.54, 1.807) is 48.5 Å². The van der Waals surface area contributed by atoms with Crippen molar-refractivity contribution in [3.05, 3.63) is 394 Å². The van der Waals surface area contributed by atoms with Crippen molar-refractivity contribution in [2.24, 2.45) is 0 Å². The van der Waals surface area contributed by atoms with Crippen molar-refractivity contribution in [3.8, 4) is 34.5 Å². The molecule has 90 heavy (non-hydrogen) atoms. The van der Waals surface area contributed by atoms with Gasteiger partial charge < -0.3 is 30.6 Å². The minimum absolute atomic E-state index is 0.229. The van der Waals surface area contributed by atoms with Gasteiger partial charge in [0.1, 0.15) is 34.5 Å². The van der Waals surface area contributed by atoms with Gasteiger partial charge in [-0.3, -0.25) is 0 Å². The fraction of sp³-hybridized carbons (Fsp3) is 0.143. The number of benzene rings is 12. The molecule has 0 spiro atoms. The van der Waals surface area contributed by atoms with E-state index < -0.39 is 0 Å². The Kier molecular flexibility index (Phi) is 26.3. The minimum atomic E-state index is 0.229. The first-order valence-corrected chi connectivity index (χ1v) is 30.7. The summed E-state index contributed by atoms with van der Waals surface area (Å²) in [6.07, 6.45) is 0. The maximum Gasteiger partial charge on any atom is 0.119 e. The molecule has 0 bridgehead atoms. The highest BCUT2D eigenvalue weighted by Crippen LogP contribution is 2.33. The predicted octanol–water partition coefficient (Wildman–Crippen LogP) is 21.3. The summed E-state index contributed by atoms with van der Waals surface area (Å²) in [5.74, 6) is 3.86. The van der Waals surface area contributed by atoms with Gasteiger partial charge in [0.2, 0.25) is 0 Å². The third kappa shape index (κ3) is 20.8. The molecule has 0 amide bonds. The third-order valence-corrected chi connectivity index (χ3v) is 16.1. The van der Waals surface area contributed by atoms with Gasteiger partial charge in [-0.25, -0.2) is 0 Å². The summed E-state index contributed by atoms with van der Waals surface area (Å²) < 4.78 is 0. The van der Waals surface area contributed by atoms with Crippen LogP contribution in [0.2, 0.25) is 0 Å². The number of para-hydroxylation sites is 2. The van der Waals surface area contributed by atoms with E-state index >= 15 is 0 Å². The molecule has 6 heteroatoms. The second-order valence-electron chi connectivity index (χ2n) is 22.3. The average Bonchev–Trinajstić information content (AvgIpc) is 2.63. The molecule has 0 aliphatic carbocycles. The fourth-order valence-electron chi connectivity index (χ4n) is 10.4. The van der Waals surface area contributed by atoms with E-state index in [1.807, 2.05) is 206 Å². The first-order valence-electron chi connectivity index (χ1n) is 30.7. The van der Waals surface area contributed by atoms with Crippen molar-refractivity contribution in [1.29, 1.82) is 0 Å². The lowest BCUT2D eigenvalue weighted by atomic mass is 9.93. The van der Waals surface area contributed by atoms with Crippen LogP contribution in [-0.4, -0.2) is 30.6 Å².